The van der Waals surface area contributed by atoms with Gasteiger partial charge in [-0.3, -0.25) is 4.79 Å². The lowest BCUT2D eigenvalue weighted by atomic mass is 10.1. The van der Waals surface area contributed by atoms with Crippen molar-refractivity contribution in [3.05, 3.63) is 89.5 Å². The number of rotatable bonds is 9. The second-order valence-corrected chi connectivity index (χ2v) is 7.16. The molecule has 0 aromatic heterocycles. The van der Waals surface area contributed by atoms with Crippen LogP contribution in [0, 0.1) is 13.8 Å². The Morgan fingerprint density at radius 3 is 2.31 bits per heavy atom. The summed E-state index contributed by atoms with van der Waals surface area (Å²) < 4.78 is 5.80. The van der Waals surface area contributed by atoms with Gasteiger partial charge in [-0.1, -0.05) is 36.4 Å². The Morgan fingerprint density at radius 1 is 0.862 bits per heavy atom. The van der Waals surface area contributed by atoms with Crippen molar-refractivity contribution < 1.29 is 9.53 Å². The van der Waals surface area contributed by atoms with E-state index in [-0.39, 0.29) is 12.5 Å². The van der Waals surface area contributed by atoms with Crippen LogP contribution < -0.4 is 15.4 Å². The largest absolute Gasteiger partial charge is 0.494 e. The first-order valence-electron chi connectivity index (χ1n) is 9.98. The third-order valence-corrected chi connectivity index (χ3v) is 4.82. The molecule has 4 heteroatoms. The Labute approximate surface area is 172 Å². The van der Waals surface area contributed by atoms with Gasteiger partial charge in [0.15, 0.2) is 0 Å². The molecule has 0 spiro atoms. The van der Waals surface area contributed by atoms with Crippen LogP contribution in [-0.4, -0.2) is 19.1 Å². The van der Waals surface area contributed by atoms with E-state index < -0.39 is 0 Å². The van der Waals surface area contributed by atoms with Gasteiger partial charge in [0.05, 0.1) is 13.2 Å². The molecule has 29 heavy (non-hydrogen) atoms. The van der Waals surface area contributed by atoms with Crippen LogP contribution in [0.1, 0.15) is 23.1 Å². The Morgan fingerprint density at radius 2 is 1.59 bits per heavy atom. The van der Waals surface area contributed by atoms with Crippen molar-refractivity contribution in [3.63, 3.8) is 0 Å². The quantitative estimate of drug-likeness (QED) is 0.485. The fourth-order valence-electron chi connectivity index (χ4n) is 2.99. The standard InChI is InChI=1S/C25H28N2O2/c1-19-10-11-23(17-20(19)2)27-25(28)18-26-22-12-14-24(15-13-22)29-16-6-9-21-7-4-3-5-8-21/h3-5,7-8,10-15,17,26H,6,9,16,18H2,1-2H3,(H,27,28). The number of carbonyl (C=O) groups is 1. The molecule has 0 bridgehead atoms. The van der Waals surface area contributed by atoms with E-state index in [1.165, 1.54) is 11.1 Å². The van der Waals surface area contributed by atoms with Crippen LogP contribution in [-0.2, 0) is 11.2 Å². The maximum Gasteiger partial charge on any atom is 0.243 e. The number of nitrogens with one attached hydrogen (secondary N) is 2. The highest BCUT2D eigenvalue weighted by Crippen LogP contribution is 2.17. The highest BCUT2D eigenvalue weighted by Gasteiger charge is 2.04. The molecule has 0 heterocycles. The molecule has 0 saturated carbocycles. The van der Waals surface area contributed by atoms with Crippen molar-refractivity contribution in [1.29, 1.82) is 0 Å². The Hall–Kier alpha value is -3.27. The monoisotopic (exact) mass is 388 g/mol. The van der Waals surface area contributed by atoms with Gasteiger partial charge in [-0.25, -0.2) is 0 Å². The van der Waals surface area contributed by atoms with Crippen LogP contribution in [0.25, 0.3) is 0 Å². The summed E-state index contributed by atoms with van der Waals surface area (Å²) in [5.41, 5.74) is 5.41. The minimum atomic E-state index is -0.0745. The molecule has 0 aliphatic rings. The maximum absolute atomic E-state index is 12.1. The van der Waals surface area contributed by atoms with E-state index in [1.54, 1.807) is 0 Å². The van der Waals surface area contributed by atoms with E-state index in [9.17, 15) is 4.79 Å². The predicted molar refractivity (Wildman–Crippen MR) is 120 cm³/mol. The second-order valence-electron chi connectivity index (χ2n) is 7.16. The first-order valence-corrected chi connectivity index (χ1v) is 9.98. The number of hydrogen-bond donors (Lipinski definition) is 2. The van der Waals surface area contributed by atoms with Crippen LogP contribution in [0.5, 0.6) is 5.75 Å². The van der Waals surface area contributed by atoms with Crippen molar-refractivity contribution in [2.24, 2.45) is 0 Å². The van der Waals surface area contributed by atoms with E-state index in [0.717, 1.165) is 35.5 Å². The van der Waals surface area contributed by atoms with Gasteiger partial charge < -0.3 is 15.4 Å². The summed E-state index contributed by atoms with van der Waals surface area (Å²) in [6.07, 6.45) is 1.98. The highest BCUT2D eigenvalue weighted by molar-refractivity contribution is 5.93. The fraction of sp³-hybridized carbons (Fsp3) is 0.240. The topological polar surface area (TPSA) is 50.4 Å². The van der Waals surface area contributed by atoms with Gasteiger partial charge in [-0.05, 0) is 79.8 Å². The molecule has 0 fully saturated rings. The normalized spacial score (nSPS) is 10.4. The van der Waals surface area contributed by atoms with Crippen molar-refractivity contribution in [2.45, 2.75) is 26.7 Å². The van der Waals surface area contributed by atoms with Gasteiger partial charge in [0.2, 0.25) is 5.91 Å². The van der Waals surface area contributed by atoms with Crippen molar-refractivity contribution >= 4 is 17.3 Å². The lowest BCUT2D eigenvalue weighted by Gasteiger charge is -2.10. The molecule has 0 radical (unpaired) electrons. The molecule has 3 aromatic carbocycles. The van der Waals surface area contributed by atoms with Gasteiger partial charge in [-0.15, -0.1) is 0 Å². The van der Waals surface area contributed by atoms with E-state index in [4.69, 9.17) is 4.74 Å². The zero-order chi connectivity index (χ0) is 20.5. The first-order chi connectivity index (χ1) is 14.1. The summed E-state index contributed by atoms with van der Waals surface area (Å²) in [6, 6.07) is 24.0. The third-order valence-electron chi connectivity index (χ3n) is 4.82. The number of hydrogen-bond acceptors (Lipinski definition) is 3. The minimum absolute atomic E-state index is 0.0745. The Kier molecular flexibility index (Phi) is 7.28. The molecule has 0 aliphatic carbocycles. The second kappa shape index (κ2) is 10.3. The van der Waals surface area contributed by atoms with E-state index >= 15 is 0 Å². The lowest BCUT2D eigenvalue weighted by Crippen LogP contribution is -2.21. The van der Waals surface area contributed by atoms with Gasteiger partial charge in [0, 0.05) is 11.4 Å². The molecule has 3 aromatic rings. The molecule has 1 amide bonds. The SMILES string of the molecule is Cc1ccc(NC(=O)CNc2ccc(OCCCc3ccccc3)cc2)cc1C. The average molecular weight is 389 g/mol. The Bertz CT molecular complexity index is 921. The lowest BCUT2D eigenvalue weighted by molar-refractivity contribution is -0.114. The number of aryl methyl sites for hydroxylation is 3. The molecule has 150 valence electrons. The predicted octanol–water partition coefficient (Wildman–Crippen LogP) is 5.37. The van der Waals surface area contributed by atoms with E-state index in [2.05, 4.69) is 41.8 Å². The number of benzene rings is 3. The summed E-state index contributed by atoms with van der Waals surface area (Å²) in [5, 5.41) is 6.05. The molecule has 0 atom stereocenters. The molecule has 0 unspecified atom stereocenters. The van der Waals surface area contributed by atoms with Crippen molar-refractivity contribution in [3.8, 4) is 5.75 Å². The minimum Gasteiger partial charge on any atom is -0.494 e. The van der Waals surface area contributed by atoms with Crippen LogP contribution in [0.15, 0.2) is 72.8 Å². The van der Waals surface area contributed by atoms with E-state index in [0.29, 0.717) is 6.61 Å². The van der Waals surface area contributed by atoms with Crippen LogP contribution in [0.2, 0.25) is 0 Å². The van der Waals surface area contributed by atoms with Gasteiger partial charge in [0.1, 0.15) is 5.75 Å². The zero-order valence-corrected chi connectivity index (χ0v) is 17.1. The van der Waals surface area contributed by atoms with E-state index in [1.807, 2.05) is 55.5 Å². The molecule has 0 saturated heterocycles. The van der Waals surface area contributed by atoms with Gasteiger partial charge in [-0.2, -0.15) is 0 Å². The van der Waals surface area contributed by atoms with Gasteiger partial charge in [0.25, 0.3) is 0 Å². The summed E-state index contributed by atoms with van der Waals surface area (Å²) >= 11 is 0. The molecule has 0 aliphatic heterocycles. The van der Waals surface area contributed by atoms with Crippen LogP contribution >= 0.6 is 0 Å². The van der Waals surface area contributed by atoms with Crippen molar-refractivity contribution in [2.75, 3.05) is 23.8 Å². The summed E-state index contributed by atoms with van der Waals surface area (Å²) in [6.45, 7) is 4.98. The molecule has 2 N–H and O–H groups in total. The summed E-state index contributed by atoms with van der Waals surface area (Å²) in [4.78, 5) is 12.1. The molecule has 4 nitrogen and oxygen atoms in total. The number of amides is 1. The van der Waals surface area contributed by atoms with Crippen LogP contribution in [0.4, 0.5) is 11.4 Å². The number of carbonyl (C=O) groups excluding carboxylic acids is 1. The number of ether oxygens (including phenoxy) is 1. The molecular formula is C25H28N2O2. The summed E-state index contributed by atoms with van der Waals surface area (Å²) in [5.74, 6) is 0.762. The average Bonchev–Trinajstić information content (AvgIpc) is 2.74. The highest BCUT2D eigenvalue weighted by atomic mass is 16.5. The zero-order valence-electron chi connectivity index (χ0n) is 17.1. The molecular weight excluding hydrogens is 360 g/mol. The van der Waals surface area contributed by atoms with Crippen LogP contribution in [0.3, 0.4) is 0 Å². The van der Waals surface area contributed by atoms with Gasteiger partial charge >= 0.3 is 0 Å². The fourth-order valence-corrected chi connectivity index (χ4v) is 2.99. The maximum atomic E-state index is 12.1. The first kappa shape index (κ1) is 20.5. The smallest absolute Gasteiger partial charge is 0.243 e. The van der Waals surface area contributed by atoms with Crippen molar-refractivity contribution in [1.82, 2.24) is 0 Å². The number of anilines is 2. The third kappa shape index (κ3) is 6.68. The molecule has 3 rings (SSSR count). The summed E-state index contributed by atoms with van der Waals surface area (Å²) in [7, 11) is 0. The Balaban J connectivity index is 1.38.